The van der Waals surface area contributed by atoms with E-state index in [1.165, 1.54) is 7.11 Å². The lowest BCUT2D eigenvalue weighted by Crippen LogP contribution is -2.37. The minimum absolute atomic E-state index is 0.0186. The molecule has 12 heavy (non-hydrogen) atoms. The first-order valence-corrected chi connectivity index (χ1v) is 4.07. The van der Waals surface area contributed by atoms with Crippen molar-refractivity contribution in [2.45, 2.75) is 25.3 Å². The third kappa shape index (κ3) is 1.96. The van der Waals surface area contributed by atoms with E-state index in [1.807, 2.05) is 0 Å². The number of nitrogens with one attached hydrogen (secondary N) is 1. The molecule has 1 amide bonds. The van der Waals surface area contributed by atoms with Crippen LogP contribution >= 0.6 is 0 Å². The molecule has 0 aromatic carbocycles. The standard InChI is InChI=1S/C8H13NO3/c1-12-8(11)9-7-4-2-3-6(7)5-10/h5-7H,2-4H2,1H3,(H,9,11). The number of methoxy groups -OCH3 is 1. The molecular weight excluding hydrogens is 158 g/mol. The van der Waals surface area contributed by atoms with Gasteiger partial charge in [0.1, 0.15) is 6.29 Å². The molecule has 0 aliphatic heterocycles. The summed E-state index contributed by atoms with van der Waals surface area (Å²) in [6.07, 6.45) is 3.20. The molecular formula is C8H13NO3. The lowest BCUT2D eigenvalue weighted by molar-refractivity contribution is -0.111. The fraction of sp³-hybridized carbons (Fsp3) is 0.750. The fourth-order valence-electron chi connectivity index (χ4n) is 1.54. The van der Waals surface area contributed by atoms with Gasteiger partial charge in [0.25, 0.3) is 0 Å². The molecule has 1 aliphatic carbocycles. The van der Waals surface area contributed by atoms with Gasteiger partial charge in [0.05, 0.1) is 7.11 Å². The molecule has 0 saturated heterocycles. The van der Waals surface area contributed by atoms with E-state index < -0.39 is 6.09 Å². The normalized spacial score (nSPS) is 28.1. The predicted octanol–water partition coefficient (Wildman–Crippen LogP) is 0.710. The van der Waals surface area contributed by atoms with Crippen LogP contribution in [0.4, 0.5) is 4.79 Å². The molecule has 4 heteroatoms. The van der Waals surface area contributed by atoms with Crippen molar-refractivity contribution in [3.8, 4) is 0 Å². The Morgan fingerprint density at radius 2 is 2.33 bits per heavy atom. The molecule has 0 spiro atoms. The van der Waals surface area contributed by atoms with Crippen LogP contribution in [0.3, 0.4) is 0 Å². The van der Waals surface area contributed by atoms with Gasteiger partial charge in [0.2, 0.25) is 0 Å². The van der Waals surface area contributed by atoms with Gasteiger partial charge in [-0.3, -0.25) is 0 Å². The zero-order chi connectivity index (χ0) is 8.97. The third-order valence-corrected chi connectivity index (χ3v) is 2.23. The summed E-state index contributed by atoms with van der Waals surface area (Å²) < 4.78 is 4.44. The second-order valence-electron chi connectivity index (χ2n) is 2.97. The molecule has 0 bridgehead atoms. The fourth-order valence-corrected chi connectivity index (χ4v) is 1.54. The topological polar surface area (TPSA) is 55.4 Å². The maximum Gasteiger partial charge on any atom is 0.407 e. The van der Waals surface area contributed by atoms with Crippen LogP contribution in [-0.2, 0) is 9.53 Å². The lowest BCUT2D eigenvalue weighted by atomic mass is 10.1. The van der Waals surface area contributed by atoms with Crippen molar-refractivity contribution in [3.63, 3.8) is 0 Å². The Kier molecular flexibility index (Phi) is 3.08. The van der Waals surface area contributed by atoms with Gasteiger partial charge in [-0.2, -0.15) is 0 Å². The van der Waals surface area contributed by atoms with Crippen molar-refractivity contribution in [2.24, 2.45) is 5.92 Å². The van der Waals surface area contributed by atoms with E-state index in [0.717, 1.165) is 25.5 Å². The van der Waals surface area contributed by atoms with E-state index in [4.69, 9.17) is 0 Å². The maximum absolute atomic E-state index is 10.8. The van der Waals surface area contributed by atoms with Gasteiger partial charge in [0.15, 0.2) is 0 Å². The van der Waals surface area contributed by atoms with Crippen molar-refractivity contribution in [1.82, 2.24) is 5.32 Å². The lowest BCUT2D eigenvalue weighted by Gasteiger charge is -2.14. The number of hydrogen-bond donors (Lipinski definition) is 1. The van der Waals surface area contributed by atoms with Crippen LogP contribution in [0.25, 0.3) is 0 Å². The highest BCUT2D eigenvalue weighted by molar-refractivity contribution is 5.68. The van der Waals surface area contributed by atoms with Crippen molar-refractivity contribution in [3.05, 3.63) is 0 Å². The van der Waals surface area contributed by atoms with Crippen molar-refractivity contribution in [1.29, 1.82) is 0 Å². The number of carbonyl (C=O) groups is 2. The van der Waals surface area contributed by atoms with E-state index in [2.05, 4.69) is 10.1 Å². The number of rotatable bonds is 2. The van der Waals surface area contributed by atoms with Gasteiger partial charge in [-0.15, -0.1) is 0 Å². The summed E-state index contributed by atoms with van der Waals surface area (Å²) in [7, 11) is 1.32. The summed E-state index contributed by atoms with van der Waals surface area (Å²) >= 11 is 0. The number of hydrogen-bond acceptors (Lipinski definition) is 3. The van der Waals surface area contributed by atoms with Crippen LogP contribution in [0.5, 0.6) is 0 Å². The van der Waals surface area contributed by atoms with Crippen LogP contribution < -0.4 is 5.32 Å². The van der Waals surface area contributed by atoms with Crippen LogP contribution in [0.1, 0.15) is 19.3 Å². The number of carbonyl (C=O) groups excluding carboxylic acids is 2. The van der Waals surface area contributed by atoms with Crippen LogP contribution in [0, 0.1) is 5.92 Å². The number of ether oxygens (including phenoxy) is 1. The highest BCUT2D eigenvalue weighted by atomic mass is 16.5. The van der Waals surface area contributed by atoms with Crippen LogP contribution in [0.15, 0.2) is 0 Å². The first-order chi connectivity index (χ1) is 5.77. The molecule has 2 atom stereocenters. The van der Waals surface area contributed by atoms with E-state index in [0.29, 0.717) is 0 Å². The second kappa shape index (κ2) is 4.09. The zero-order valence-electron chi connectivity index (χ0n) is 7.08. The molecule has 1 aliphatic rings. The van der Waals surface area contributed by atoms with Gasteiger partial charge in [-0.25, -0.2) is 4.79 Å². The highest BCUT2D eigenvalue weighted by Gasteiger charge is 2.28. The summed E-state index contributed by atoms with van der Waals surface area (Å²) in [5, 5.41) is 2.64. The summed E-state index contributed by atoms with van der Waals surface area (Å²) in [5.74, 6) is -0.0240. The first-order valence-electron chi connectivity index (χ1n) is 4.07. The minimum atomic E-state index is -0.450. The Balaban J connectivity index is 2.40. The first kappa shape index (κ1) is 9.03. The molecule has 4 nitrogen and oxygen atoms in total. The smallest absolute Gasteiger partial charge is 0.407 e. The molecule has 1 fully saturated rings. The van der Waals surface area contributed by atoms with Crippen molar-refractivity contribution >= 4 is 12.4 Å². The van der Waals surface area contributed by atoms with Gasteiger partial charge >= 0.3 is 6.09 Å². The van der Waals surface area contributed by atoms with Gasteiger partial charge < -0.3 is 14.8 Å². The average molecular weight is 171 g/mol. The highest BCUT2D eigenvalue weighted by Crippen LogP contribution is 2.23. The second-order valence-corrected chi connectivity index (χ2v) is 2.97. The molecule has 2 unspecified atom stereocenters. The largest absolute Gasteiger partial charge is 0.453 e. The Labute approximate surface area is 71.3 Å². The molecule has 1 saturated carbocycles. The van der Waals surface area contributed by atoms with Gasteiger partial charge in [0, 0.05) is 12.0 Å². The Morgan fingerprint density at radius 1 is 1.58 bits per heavy atom. The monoisotopic (exact) mass is 171 g/mol. The molecule has 0 heterocycles. The average Bonchev–Trinajstić information content (AvgIpc) is 2.51. The minimum Gasteiger partial charge on any atom is -0.453 e. The third-order valence-electron chi connectivity index (χ3n) is 2.23. The van der Waals surface area contributed by atoms with Crippen molar-refractivity contribution in [2.75, 3.05) is 7.11 Å². The van der Waals surface area contributed by atoms with Gasteiger partial charge in [-0.05, 0) is 12.8 Å². The summed E-state index contributed by atoms with van der Waals surface area (Å²) in [5.41, 5.74) is 0. The van der Waals surface area contributed by atoms with Crippen LogP contribution in [-0.4, -0.2) is 25.5 Å². The number of alkyl carbamates (subject to hydrolysis) is 1. The van der Waals surface area contributed by atoms with Crippen molar-refractivity contribution < 1.29 is 14.3 Å². The molecule has 0 aromatic rings. The molecule has 0 aromatic heterocycles. The predicted molar refractivity (Wildman–Crippen MR) is 42.7 cm³/mol. The number of amides is 1. The van der Waals surface area contributed by atoms with Gasteiger partial charge in [-0.1, -0.05) is 6.42 Å². The Morgan fingerprint density at radius 3 is 2.92 bits per heavy atom. The molecule has 1 N–H and O–H groups in total. The summed E-state index contributed by atoms with van der Waals surface area (Å²) in [6, 6.07) is -0.0186. The summed E-state index contributed by atoms with van der Waals surface area (Å²) in [6.45, 7) is 0. The van der Waals surface area contributed by atoms with E-state index in [9.17, 15) is 9.59 Å². The Bertz CT molecular complexity index is 181. The van der Waals surface area contributed by atoms with E-state index in [1.54, 1.807) is 0 Å². The molecule has 68 valence electrons. The van der Waals surface area contributed by atoms with Crippen LogP contribution in [0.2, 0.25) is 0 Å². The molecule has 1 rings (SSSR count). The van der Waals surface area contributed by atoms with E-state index in [-0.39, 0.29) is 12.0 Å². The van der Waals surface area contributed by atoms with E-state index >= 15 is 0 Å². The quantitative estimate of drug-likeness (QED) is 0.622. The number of aldehydes is 1. The Hall–Kier alpha value is -1.06. The maximum atomic E-state index is 10.8. The summed E-state index contributed by atoms with van der Waals surface area (Å²) in [4.78, 5) is 21.3. The SMILES string of the molecule is COC(=O)NC1CCCC1C=O. The molecule has 0 radical (unpaired) electrons. The zero-order valence-corrected chi connectivity index (χ0v) is 7.08.